The molecule has 32 nitrogen and oxygen atoms in total. The Morgan fingerprint density at radius 2 is 1.08 bits per heavy atom. The van der Waals surface area contributed by atoms with Gasteiger partial charge in [-0.25, -0.2) is 18.9 Å². The number of carbonyl (C=O) groups is 8. The number of hydrogen-bond acceptors (Lipinski definition) is 22. The number of urea groups is 1. The van der Waals surface area contributed by atoms with Crippen molar-refractivity contribution in [1.82, 2.24) is 25.8 Å². The van der Waals surface area contributed by atoms with Crippen LogP contribution in [0, 0.1) is 5.92 Å². The lowest BCUT2D eigenvalue weighted by Gasteiger charge is -2.27. The van der Waals surface area contributed by atoms with Crippen molar-refractivity contribution < 1.29 is 105 Å². The Morgan fingerprint density at radius 1 is 0.604 bits per heavy atom. The minimum absolute atomic E-state index is 0.0374. The maximum absolute atomic E-state index is 14.9. The fourth-order valence-corrected chi connectivity index (χ4v) is 14.2. The second-order valence-corrected chi connectivity index (χ2v) is 28.9. The molecule has 1 aromatic heterocycles. The molecule has 111 heavy (non-hydrogen) atoms. The number of amides is 9. The van der Waals surface area contributed by atoms with Crippen molar-refractivity contribution >= 4 is 129 Å². The highest BCUT2D eigenvalue weighted by molar-refractivity contribution is 7.46. The van der Waals surface area contributed by atoms with Crippen LogP contribution in [0.15, 0.2) is 97.1 Å². The van der Waals surface area contributed by atoms with Crippen molar-refractivity contribution in [2.24, 2.45) is 17.4 Å². The molecule has 4 unspecified atom stereocenters. The monoisotopic (exact) mass is 1620 g/mol. The van der Waals surface area contributed by atoms with Gasteiger partial charge in [0.25, 0.3) is 11.8 Å². The minimum atomic E-state index is -5.02. The number of halogens is 2. The molecule has 2 aliphatic rings. The lowest BCUT2D eigenvalue weighted by atomic mass is 9.95. The number of rotatable bonds is 48. The maximum Gasteiger partial charge on any atom is 0.524 e. The van der Waals surface area contributed by atoms with E-state index < -0.39 is 67.7 Å². The van der Waals surface area contributed by atoms with Gasteiger partial charge in [-0.2, -0.15) is 0 Å². The average Bonchev–Trinajstić information content (AvgIpc) is 1.63. The van der Waals surface area contributed by atoms with E-state index in [1.165, 1.54) is 35.0 Å². The first-order valence-electron chi connectivity index (χ1n) is 36.4. The van der Waals surface area contributed by atoms with Crippen LogP contribution in [0.5, 0.6) is 11.5 Å². The van der Waals surface area contributed by atoms with Crippen LogP contribution in [0.4, 0.5) is 31.4 Å². The molecule has 0 saturated heterocycles. The van der Waals surface area contributed by atoms with Crippen molar-refractivity contribution in [3.05, 3.63) is 124 Å². The number of thiophene rings is 1. The fourth-order valence-electron chi connectivity index (χ4n) is 12.4. The molecular weight excluding hydrogens is 1530 g/mol. The van der Waals surface area contributed by atoms with Crippen LogP contribution >= 0.6 is 42.4 Å². The van der Waals surface area contributed by atoms with Crippen molar-refractivity contribution in [3.63, 3.8) is 0 Å². The lowest BCUT2D eigenvalue weighted by molar-refractivity contribution is -0.132. The molecule has 6 aromatic rings. The number of phosphoric acid groups is 1. The highest BCUT2D eigenvalue weighted by Crippen LogP contribution is 2.50. The number of methoxy groups -OCH3 is 2. The molecule has 5 aromatic carbocycles. The third-order valence-electron chi connectivity index (χ3n) is 17.9. The number of fused-ring (bicyclic) bond motifs is 6. The summed E-state index contributed by atoms with van der Waals surface area (Å²) in [5.74, 6) is -3.39. The van der Waals surface area contributed by atoms with E-state index >= 15 is 0 Å². The zero-order chi connectivity index (χ0) is 79.8. The molecule has 8 rings (SSSR count). The van der Waals surface area contributed by atoms with Crippen LogP contribution in [0.1, 0.15) is 81.0 Å². The van der Waals surface area contributed by atoms with Gasteiger partial charge in [-0.3, -0.25) is 33.8 Å². The summed E-state index contributed by atoms with van der Waals surface area (Å²) >= 11 is 14.1. The highest BCUT2D eigenvalue weighted by atomic mass is 35.5. The number of nitrogens with two attached hydrogens (primary N) is 2. The van der Waals surface area contributed by atoms with E-state index in [1.807, 2.05) is 12.1 Å². The quantitative estimate of drug-likeness (QED) is 0.0103. The Bertz CT molecular complexity index is 4120. The van der Waals surface area contributed by atoms with E-state index in [0.717, 1.165) is 16.9 Å². The van der Waals surface area contributed by atoms with Gasteiger partial charge in [0.1, 0.15) is 30.2 Å². The van der Waals surface area contributed by atoms with Gasteiger partial charge in [0.15, 0.2) is 0 Å². The molecule has 0 radical (unpaired) electrons. The van der Waals surface area contributed by atoms with Crippen molar-refractivity contribution in [2.75, 3.05) is 186 Å². The molecule has 36 heteroatoms. The number of hydrogen-bond donors (Lipinski definition) is 8. The number of carbonyl (C=O) groups excluding carboxylic acids is 8. The van der Waals surface area contributed by atoms with Crippen LogP contribution in [0.2, 0.25) is 0 Å². The van der Waals surface area contributed by atoms with Crippen LogP contribution in [-0.4, -0.2) is 250 Å². The number of nitrogens with one attached hydrogen (secondary N) is 4. The van der Waals surface area contributed by atoms with Gasteiger partial charge in [-0.1, -0.05) is 74.5 Å². The van der Waals surface area contributed by atoms with E-state index in [1.54, 1.807) is 97.6 Å². The summed E-state index contributed by atoms with van der Waals surface area (Å²) in [5.41, 5.74) is 13.8. The topological polar surface area (TPSA) is 409 Å². The number of anilines is 3. The van der Waals surface area contributed by atoms with Gasteiger partial charge >= 0.3 is 26.0 Å². The van der Waals surface area contributed by atoms with Gasteiger partial charge in [-0.05, 0) is 70.5 Å². The number of phosphoric ester groups is 1. The molecule has 10 N–H and O–H groups in total. The molecule has 2 aliphatic heterocycles. The van der Waals surface area contributed by atoms with E-state index in [9.17, 15) is 52.7 Å². The summed E-state index contributed by atoms with van der Waals surface area (Å²) in [6.45, 7) is 8.75. The second kappa shape index (κ2) is 45.4. The zero-order valence-electron chi connectivity index (χ0n) is 62.5. The second-order valence-electron chi connectivity index (χ2n) is 26.1. The summed E-state index contributed by atoms with van der Waals surface area (Å²) in [5, 5.41) is 13.1. The predicted molar refractivity (Wildman–Crippen MR) is 417 cm³/mol. The summed E-state index contributed by atoms with van der Waals surface area (Å²) < 4.78 is 72.8. The highest BCUT2D eigenvalue weighted by Gasteiger charge is 2.40. The van der Waals surface area contributed by atoms with Crippen LogP contribution in [-0.2, 0) is 68.2 Å². The molecule has 606 valence electrons. The number of benzene rings is 5. The zero-order valence-corrected chi connectivity index (χ0v) is 65.8. The lowest BCUT2D eigenvalue weighted by Crippen LogP contribution is -2.54. The summed E-state index contributed by atoms with van der Waals surface area (Å²) in [4.78, 5) is 136. The molecule has 0 fully saturated rings. The first-order chi connectivity index (χ1) is 53.6. The first kappa shape index (κ1) is 88.2. The summed E-state index contributed by atoms with van der Waals surface area (Å²) in [6, 6.07) is 23.8. The summed E-state index contributed by atoms with van der Waals surface area (Å²) in [6.07, 6.45) is -1.26. The Hall–Kier alpha value is -8.35. The van der Waals surface area contributed by atoms with Crippen LogP contribution in [0.3, 0.4) is 0 Å². The SMILES string of the molecule is COCCN(CCN(CCOC)C(=O)Oc1cc2c(c3ccccc13)C(CCl)CN2C(=O)c1ccc(C(=O)N2CC(CCl)c3c2cc(OP(=O)(O)O)c2ccccc32)s1)C(=O)OCc1ccc(NC(=O)C(CCCNC(N)=O)NC(=O)C(NC(=O)CCOCCOCCOCCOCCOCCOCCN)C(C)C)cc1. The third-order valence-corrected chi connectivity index (χ3v) is 20.1. The van der Waals surface area contributed by atoms with E-state index in [4.69, 9.17) is 86.6 Å². The third kappa shape index (κ3) is 26.4. The Labute approximate surface area is 657 Å². The van der Waals surface area contributed by atoms with Crippen molar-refractivity contribution in [3.8, 4) is 11.5 Å². The summed E-state index contributed by atoms with van der Waals surface area (Å²) in [7, 11) is -2.08. The molecule has 0 saturated carbocycles. The number of ether oxygens (including phenoxy) is 10. The molecule has 3 heterocycles. The van der Waals surface area contributed by atoms with Gasteiger partial charge in [-0.15, -0.1) is 34.5 Å². The largest absolute Gasteiger partial charge is 0.524 e. The predicted octanol–water partition coefficient (Wildman–Crippen LogP) is 7.69. The van der Waals surface area contributed by atoms with E-state index in [-0.39, 0.29) is 155 Å². The molecule has 0 spiro atoms. The Kier molecular flexibility index (Phi) is 36.1. The van der Waals surface area contributed by atoms with Gasteiger partial charge in [0.2, 0.25) is 17.7 Å². The normalized spacial score (nSPS) is 14.4. The van der Waals surface area contributed by atoms with Crippen molar-refractivity contribution in [1.29, 1.82) is 0 Å². The van der Waals surface area contributed by atoms with E-state index in [0.29, 0.717) is 116 Å². The minimum Gasteiger partial charge on any atom is -0.445 e. The molecule has 0 aliphatic carbocycles. The van der Waals surface area contributed by atoms with Crippen LogP contribution < -0.4 is 51.8 Å². The standard InChI is InChI=1S/C75H99Cl2N10O22PS/c1-49(2)68(83-65(88)21-28-101-32-34-103-36-38-105-40-41-106-39-37-104-35-33-102-29-22-78)70(90)82-58(14-9-23-80-73(79)93)69(89)81-53-17-15-50(16-18-53)48-107-74(94)84(26-30-99-3)24-25-85(27-31-100-4)75(95)108-61-42-59-66(56-12-7-5-10-54(56)61)51(44-76)46-86(59)71(91)63-19-20-64(111-63)72(92)87-47-52(45-77)67-57-13-8-6-11-55(57)62(43-60(67)87)109-110(96,97)98/h5-8,10-13,15-20,42-43,49,51-52,58,68H,9,14,21-41,44-48,78H2,1-4H3,(H,81,89)(H,82,90)(H,83,88)(H3,79,80,93)(H2,96,97,98). The molecule has 9 amide bonds. The number of alkyl halides is 2. The van der Waals surface area contributed by atoms with Gasteiger partial charge in [0.05, 0.1) is 114 Å². The molecular formula is C75H99Cl2N10O22PS. The van der Waals surface area contributed by atoms with Crippen molar-refractivity contribution in [2.45, 2.75) is 63.6 Å². The van der Waals surface area contributed by atoms with Gasteiger partial charge < -0.3 is 104 Å². The Balaban J connectivity index is 0.840. The fraction of sp³-hybridized carbons (Fsp3) is 0.493. The van der Waals surface area contributed by atoms with E-state index in [2.05, 4.69) is 21.3 Å². The first-order valence-corrected chi connectivity index (χ1v) is 39.8. The number of primary amides is 1. The van der Waals surface area contributed by atoms with Crippen LogP contribution in [0.25, 0.3) is 21.5 Å². The maximum atomic E-state index is 14.9. The smallest absolute Gasteiger partial charge is 0.445 e. The molecule has 0 bridgehead atoms. The molecule has 4 atom stereocenters. The average molecular weight is 1630 g/mol. The Morgan fingerprint density at radius 3 is 1.56 bits per heavy atom. The van der Waals surface area contributed by atoms with Gasteiger partial charge in [0, 0.05) is 125 Å². The number of nitrogens with zero attached hydrogens (tertiary/aromatic N) is 4.